The van der Waals surface area contributed by atoms with E-state index in [9.17, 15) is 14.2 Å². The number of rotatable bonds is 6. The van der Waals surface area contributed by atoms with E-state index in [1.54, 1.807) is 24.1 Å². The van der Waals surface area contributed by atoms with Crippen molar-refractivity contribution in [1.29, 1.82) is 0 Å². The zero-order valence-electron chi connectivity index (χ0n) is 17.7. The van der Waals surface area contributed by atoms with Gasteiger partial charge in [0.15, 0.2) is 6.23 Å². The molecular weight excluding hydrogens is 448 g/mol. The first-order valence-corrected chi connectivity index (χ1v) is 12.0. The molecular formula is C23H24N2O5S2. The predicted octanol–water partition coefficient (Wildman–Crippen LogP) is 4.33. The number of benzene rings is 2. The van der Waals surface area contributed by atoms with E-state index in [2.05, 4.69) is 5.48 Å². The molecule has 0 aliphatic carbocycles. The number of ether oxygens (including phenoxy) is 2. The van der Waals surface area contributed by atoms with Crippen molar-refractivity contribution in [1.82, 2.24) is 10.4 Å². The summed E-state index contributed by atoms with van der Waals surface area (Å²) < 4.78 is 23.3. The average Bonchev–Trinajstić information content (AvgIpc) is 3.27. The standard InChI is InChI=1S/C23H24N2O5S2/c1-29-18-7-3-15(4-8-18)16-5-9-19(10-6-16)32(28)23(26)25-12-11-17-13-20(22(24-27)30-2)31-21(17)14-25/h3-10,13,22,24,27H,11-12,14H2,1-2H3. The van der Waals surface area contributed by atoms with Crippen molar-refractivity contribution in [3.05, 3.63) is 69.9 Å². The van der Waals surface area contributed by atoms with E-state index in [-0.39, 0.29) is 0 Å². The first kappa shape index (κ1) is 22.6. The number of hydroxylamine groups is 1. The van der Waals surface area contributed by atoms with Crippen LogP contribution >= 0.6 is 11.3 Å². The topological polar surface area (TPSA) is 88.1 Å². The highest BCUT2D eigenvalue weighted by Crippen LogP contribution is 2.33. The lowest BCUT2D eigenvalue weighted by Crippen LogP contribution is -2.36. The normalized spacial score (nSPS) is 15.2. The maximum atomic E-state index is 12.9. The Morgan fingerprint density at radius 2 is 1.78 bits per heavy atom. The van der Waals surface area contributed by atoms with Crippen molar-refractivity contribution >= 4 is 27.4 Å². The second kappa shape index (κ2) is 9.93. The summed E-state index contributed by atoms with van der Waals surface area (Å²) in [7, 11) is 1.35. The lowest BCUT2D eigenvalue weighted by atomic mass is 10.1. The molecule has 0 bridgehead atoms. The van der Waals surface area contributed by atoms with Crippen molar-refractivity contribution in [2.24, 2.45) is 0 Å². The van der Waals surface area contributed by atoms with Gasteiger partial charge in [0.2, 0.25) is 0 Å². The Morgan fingerprint density at radius 1 is 1.12 bits per heavy atom. The number of methoxy groups -OCH3 is 2. The fourth-order valence-electron chi connectivity index (χ4n) is 3.63. The van der Waals surface area contributed by atoms with Crippen LogP contribution in [0.5, 0.6) is 5.75 Å². The zero-order chi connectivity index (χ0) is 22.7. The molecule has 2 N–H and O–H groups in total. The summed E-state index contributed by atoms with van der Waals surface area (Å²) in [5.41, 5.74) is 5.24. The van der Waals surface area contributed by atoms with Gasteiger partial charge in [0.25, 0.3) is 0 Å². The van der Waals surface area contributed by atoms with Crippen LogP contribution in [0.2, 0.25) is 0 Å². The maximum Gasteiger partial charge on any atom is 0.316 e. The molecule has 0 saturated carbocycles. The average molecular weight is 473 g/mol. The Kier molecular flexibility index (Phi) is 7.02. The number of hydrogen-bond acceptors (Lipinski definition) is 7. The monoisotopic (exact) mass is 472 g/mol. The summed E-state index contributed by atoms with van der Waals surface area (Å²) in [6.07, 6.45) is 0.0700. The molecule has 1 amide bonds. The van der Waals surface area contributed by atoms with Crippen molar-refractivity contribution in [3.8, 4) is 16.9 Å². The molecule has 2 aromatic carbocycles. The highest BCUT2D eigenvalue weighted by molar-refractivity contribution is 8.00. The molecule has 1 aromatic heterocycles. The van der Waals surface area contributed by atoms with Gasteiger partial charge in [0, 0.05) is 23.4 Å². The SMILES string of the molecule is COc1ccc(-c2ccc(S(=O)C(=O)N3CCc4cc(C(NO)OC)sc4C3)cc2)cc1. The van der Waals surface area contributed by atoms with E-state index in [0.717, 1.165) is 32.2 Å². The molecule has 1 aliphatic heterocycles. The van der Waals surface area contributed by atoms with E-state index >= 15 is 0 Å². The van der Waals surface area contributed by atoms with Gasteiger partial charge in [0.1, 0.15) is 16.5 Å². The van der Waals surface area contributed by atoms with Gasteiger partial charge in [-0.1, -0.05) is 24.3 Å². The van der Waals surface area contributed by atoms with Crippen LogP contribution in [0.3, 0.4) is 0 Å². The third-order valence-corrected chi connectivity index (χ3v) is 7.90. The molecule has 32 heavy (non-hydrogen) atoms. The van der Waals surface area contributed by atoms with Crippen LogP contribution < -0.4 is 10.2 Å². The van der Waals surface area contributed by atoms with Gasteiger partial charge in [-0.3, -0.25) is 4.79 Å². The Labute approximate surface area is 193 Å². The molecule has 0 spiro atoms. The molecule has 9 heteroatoms. The van der Waals surface area contributed by atoms with Crippen LogP contribution in [0.25, 0.3) is 11.1 Å². The summed E-state index contributed by atoms with van der Waals surface area (Å²) in [6, 6.07) is 16.9. The highest BCUT2D eigenvalue weighted by atomic mass is 32.2. The minimum atomic E-state index is -1.78. The highest BCUT2D eigenvalue weighted by Gasteiger charge is 2.28. The van der Waals surface area contributed by atoms with E-state index < -0.39 is 22.3 Å². The zero-order valence-corrected chi connectivity index (χ0v) is 19.4. The van der Waals surface area contributed by atoms with Gasteiger partial charge >= 0.3 is 5.24 Å². The third-order valence-electron chi connectivity index (χ3n) is 5.42. The molecule has 7 nitrogen and oxygen atoms in total. The molecule has 1 aliphatic rings. The lowest BCUT2D eigenvalue weighted by molar-refractivity contribution is -0.0275. The van der Waals surface area contributed by atoms with E-state index in [0.29, 0.717) is 24.4 Å². The number of nitrogens with one attached hydrogen (secondary N) is 1. The van der Waals surface area contributed by atoms with Crippen LogP contribution in [-0.2, 0) is 28.5 Å². The summed E-state index contributed by atoms with van der Waals surface area (Å²) in [6.45, 7) is 0.901. The van der Waals surface area contributed by atoms with Gasteiger partial charge in [-0.15, -0.1) is 11.3 Å². The Balaban J connectivity index is 1.45. The summed E-state index contributed by atoms with van der Waals surface area (Å²) in [5, 5.41) is 8.82. The predicted molar refractivity (Wildman–Crippen MR) is 123 cm³/mol. The van der Waals surface area contributed by atoms with Gasteiger partial charge < -0.3 is 19.6 Å². The lowest BCUT2D eigenvalue weighted by Gasteiger charge is -2.26. The number of amides is 1. The molecule has 0 saturated heterocycles. The minimum absolute atomic E-state index is 0.397. The molecule has 2 atom stereocenters. The van der Waals surface area contributed by atoms with E-state index in [1.165, 1.54) is 18.4 Å². The fraction of sp³-hybridized carbons (Fsp3) is 0.261. The van der Waals surface area contributed by atoms with Gasteiger partial charge in [-0.2, -0.15) is 5.48 Å². The molecule has 2 heterocycles. The van der Waals surface area contributed by atoms with Crippen molar-refractivity contribution in [2.75, 3.05) is 20.8 Å². The van der Waals surface area contributed by atoms with Crippen molar-refractivity contribution in [2.45, 2.75) is 24.1 Å². The Bertz CT molecular complexity index is 1110. The molecule has 4 rings (SSSR count). The van der Waals surface area contributed by atoms with Crippen LogP contribution in [0.1, 0.15) is 21.5 Å². The smallest absolute Gasteiger partial charge is 0.316 e. The van der Waals surface area contributed by atoms with Crippen molar-refractivity contribution in [3.63, 3.8) is 0 Å². The Morgan fingerprint density at radius 3 is 2.38 bits per heavy atom. The fourth-order valence-corrected chi connectivity index (χ4v) is 5.86. The summed E-state index contributed by atoms with van der Waals surface area (Å²) in [5.74, 6) is 0.782. The first-order valence-electron chi connectivity index (χ1n) is 10.0. The summed E-state index contributed by atoms with van der Waals surface area (Å²) in [4.78, 5) is 16.9. The molecule has 0 fully saturated rings. The second-order valence-electron chi connectivity index (χ2n) is 7.30. The molecule has 3 aromatic rings. The van der Waals surface area contributed by atoms with E-state index in [4.69, 9.17) is 9.47 Å². The van der Waals surface area contributed by atoms with Gasteiger partial charge in [-0.05, 0) is 53.4 Å². The van der Waals surface area contributed by atoms with Crippen LogP contribution in [0.15, 0.2) is 59.5 Å². The second-order valence-corrected chi connectivity index (χ2v) is 9.83. The maximum absolute atomic E-state index is 12.9. The summed E-state index contributed by atoms with van der Waals surface area (Å²) >= 11 is 1.47. The number of fused-ring (bicyclic) bond motifs is 1. The van der Waals surface area contributed by atoms with Gasteiger partial charge in [0.05, 0.1) is 18.5 Å². The van der Waals surface area contributed by atoms with E-state index in [1.807, 2.05) is 42.5 Å². The molecule has 168 valence electrons. The third kappa shape index (κ3) is 4.62. The number of hydrogen-bond donors (Lipinski definition) is 2. The van der Waals surface area contributed by atoms with Crippen LogP contribution in [0, 0.1) is 0 Å². The first-order chi connectivity index (χ1) is 15.5. The Hall–Kier alpha value is -2.56. The van der Waals surface area contributed by atoms with Crippen LogP contribution in [0.4, 0.5) is 4.79 Å². The number of carbonyl (C=O) groups excluding carboxylic acids is 1. The molecule has 0 radical (unpaired) electrons. The molecule has 2 unspecified atom stereocenters. The number of carbonyl (C=O) groups is 1. The van der Waals surface area contributed by atoms with Gasteiger partial charge in [-0.25, -0.2) is 4.21 Å². The number of thiophene rings is 1. The van der Waals surface area contributed by atoms with Crippen LogP contribution in [-0.4, -0.2) is 40.3 Å². The minimum Gasteiger partial charge on any atom is -0.497 e. The number of nitrogens with zero attached hydrogens (tertiary/aromatic N) is 1. The quantitative estimate of drug-likeness (QED) is 0.410. The largest absolute Gasteiger partial charge is 0.497 e. The van der Waals surface area contributed by atoms with Crippen molar-refractivity contribution < 1.29 is 23.7 Å².